The van der Waals surface area contributed by atoms with Gasteiger partial charge in [0.15, 0.2) is 0 Å². The van der Waals surface area contributed by atoms with E-state index in [4.69, 9.17) is 30.6 Å². The van der Waals surface area contributed by atoms with Crippen LogP contribution in [-0.4, -0.2) is 123 Å². The molecule has 16 heteroatoms. The largest absolute Gasteiger partial charge is 0.412 e. The van der Waals surface area contributed by atoms with Gasteiger partial charge in [-0.15, -0.1) is 0 Å². The van der Waals surface area contributed by atoms with E-state index in [0.29, 0.717) is 0 Å². The third-order valence-corrected chi connectivity index (χ3v) is 1.51. The molecule has 0 aromatic rings. The van der Waals surface area contributed by atoms with Crippen molar-refractivity contribution in [3.8, 4) is 0 Å². The Morgan fingerprint density at radius 2 is 0.545 bits per heavy atom. The molecule has 0 bridgehead atoms. The number of rotatable bonds is 5. The SMILES string of the molecule is O.O.O.O.O.O.O.O.O.O.OC[C@@H](O)[C@@H](O)[C@H](O)[C@@H](O)CO. The first-order valence-corrected chi connectivity index (χ1v) is 3.48. The Morgan fingerprint density at radius 1 is 0.409 bits per heavy atom. The van der Waals surface area contributed by atoms with Crippen molar-refractivity contribution in [1.29, 1.82) is 0 Å². The smallest absolute Gasteiger partial charge is 0.111 e. The van der Waals surface area contributed by atoms with Crippen LogP contribution in [0.15, 0.2) is 0 Å². The molecule has 0 aromatic heterocycles. The molecule has 0 spiro atoms. The summed E-state index contributed by atoms with van der Waals surface area (Å²) in [6.07, 6.45) is -6.39. The van der Waals surface area contributed by atoms with Gasteiger partial charge in [-0.1, -0.05) is 0 Å². The molecule has 4 atom stereocenters. The standard InChI is InChI=1S/C6H14O6.10H2O/c7-1-3(9)5(11)6(12)4(10)2-8;;;;;;;;;;/h3-12H,1-2H2;10*1H2/t3-,4+,5-,6-;;;;;;;;;;/m1........../s1. The summed E-state index contributed by atoms with van der Waals surface area (Å²) < 4.78 is 0. The molecule has 0 saturated carbocycles. The number of hydrogen-bond acceptors (Lipinski definition) is 6. The van der Waals surface area contributed by atoms with Crippen LogP contribution in [0.1, 0.15) is 0 Å². The van der Waals surface area contributed by atoms with Gasteiger partial charge >= 0.3 is 0 Å². The second-order valence-corrected chi connectivity index (χ2v) is 2.48. The van der Waals surface area contributed by atoms with Gasteiger partial charge in [0.25, 0.3) is 0 Å². The van der Waals surface area contributed by atoms with E-state index in [1.54, 1.807) is 0 Å². The number of hydrogen-bond donors (Lipinski definition) is 6. The molecule has 0 radical (unpaired) electrons. The first kappa shape index (κ1) is 82.5. The topological polar surface area (TPSA) is 436 Å². The minimum atomic E-state index is -1.67. The van der Waals surface area contributed by atoms with Gasteiger partial charge in [-0.3, -0.25) is 0 Å². The van der Waals surface area contributed by atoms with E-state index >= 15 is 0 Å². The first-order chi connectivity index (χ1) is 5.54. The van der Waals surface area contributed by atoms with Gasteiger partial charge < -0.3 is 85.4 Å². The van der Waals surface area contributed by atoms with Crippen LogP contribution in [0.3, 0.4) is 0 Å². The minimum absolute atomic E-state index is 0. The Labute approximate surface area is 124 Å². The molecule has 22 heavy (non-hydrogen) atoms. The van der Waals surface area contributed by atoms with E-state index in [-0.39, 0.29) is 54.8 Å². The van der Waals surface area contributed by atoms with Crippen molar-refractivity contribution in [3.63, 3.8) is 0 Å². The number of aliphatic hydroxyl groups excluding tert-OH is 6. The molecule has 0 aliphatic heterocycles. The van der Waals surface area contributed by atoms with Crippen LogP contribution in [-0.2, 0) is 0 Å². The zero-order valence-corrected chi connectivity index (χ0v) is 11.4. The summed E-state index contributed by atoms with van der Waals surface area (Å²) in [6, 6.07) is 0. The summed E-state index contributed by atoms with van der Waals surface area (Å²) in [5, 5.41) is 52.2. The molecule has 0 unspecified atom stereocenters. The fourth-order valence-corrected chi connectivity index (χ4v) is 0.671. The molecule has 0 rings (SSSR count). The van der Waals surface area contributed by atoms with Crippen molar-refractivity contribution in [3.05, 3.63) is 0 Å². The average molecular weight is 362 g/mol. The second-order valence-electron chi connectivity index (χ2n) is 2.48. The fourth-order valence-electron chi connectivity index (χ4n) is 0.671. The normalized spacial score (nSPS) is 11.7. The molecule has 0 aromatic carbocycles. The third-order valence-electron chi connectivity index (χ3n) is 1.51. The van der Waals surface area contributed by atoms with Crippen LogP contribution in [0.25, 0.3) is 0 Å². The highest BCUT2D eigenvalue weighted by molar-refractivity contribution is 4.79. The van der Waals surface area contributed by atoms with E-state index in [0.717, 1.165) is 0 Å². The minimum Gasteiger partial charge on any atom is -0.412 e. The lowest BCUT2D eigenvalue weighted by atomic mass is 10.0. The van der Waals surface area contributed by atoms with Crippen LogP contribution < -0.4 is 0 Å². The Balaban J connectivity index is -0.0000000134. The van der Waals surface area contributed by atoms with Crippen molar-refractivity contribution >= 4 is 0 Å². The van der Waals surface area contributed by atoms with Gasteiger partial charge in [0.2, 0.25) is 0 Å². The lowest BCUT2D eigenvalue weighted by molar-refractivity contribution is -0.123. The number of aliphatic hydroxyl groups is 6. The van der Waals surface area contributed by atoms with E-state index < -0.39 is 37.6 Å². The molecule has 0 aliphatic carbocycles. The summed E-state index contributed by atoms with van der Waals surface area (Å²) in [4.78, 5) is 0. The van der Waals surface area contributed by atoms with Crippen molar-refractivity contribution in [1.82, 2.24) is 0 Å². The van der Waals surface area contributed by atoms with Crippen molar-refractivity contribution < 1.29 is 85.4 Å². The summed E-state index contributed by atoms with van der Waals surface area (Å²) in [5.41, 5.74) is 0. The third kappa shape index (κ3) is 27.7. The summed E-state index contributed by atoms with van der Waals surface area (Å²) in [5.74, 6) is 0. The molecular weight excluding hydrogens is 328 g/mol. The zero-order chi connectivity index (χ0) is 9.72. The van der Waals surface area contributed by atoms with E-state index in [9.17, 15) is 0 Å². The summed E-state index contributed by atoms with van der Waals surface area (Å²) in [7, 11) is 0. The van der Waals surface area contributed by atoms with E-state index in [1.807, 2.05) is 0 Å². The monoisotopic (exact) mass is 362 g/mol. The van der Waals surface area contributed by atoms with Gasteiger partial charge in [-0.25, -0.2) is 0 Å². The zero-order valence-electron chi connectivity index (χ0n) is 11.4. The lowest BCUT2D eigenvalue weighted by Crippen LogP contribution is -2.46. The van der Waals surface area contributed by atoms with Crippen molar-refractivity contribution in [2.45, 2.75) is 24.4 Å². The van der Waals surface area contributed by atoms with Crippen LogP contribution in [0.4, 0.5) is 0 Å². The Morgan fingerprint density at radius 3 is 0.636 bits per heavy atom. The molecule has 154 valence electrons. The first-order valence-electron chi connectivity index (χ1n) is 3.48. The van der Waals surface area contributed by atoms with Crippen LogP contribution in [0.5, 0.6) is 0 Å². The van der Waals surface area contributed by atoms with Crippen molar-refractivity contribution in [2.75, 3.05) is 13.2 Å². The van der Waals surface area contributed by atoms with Gasteiger partial charge in [-0.05, 0) is 0 Å². The van der Waals surface area contributed by atoms with Crippen LogP contribution >= 0.6 is 0 Å². The van der Waals surface area contributed by atoms with Crippen molar-refractivity contribution in [2.24, 2.45) is 0 Å². The van der Waals surface area contributed by atoms with Gasteiger partial charge in [0, 0.05) is 0 Å². The Kier molecular flexibility index (Phi) is 160. The summed E-state index contributed by atoms with van der Waals surface area (Å²) >= 11 is 0. The van der Waals surface area contributed by atoms with Gasteiger partial charge in [0.05, 0.1) is 13.2 Å². The maximum Gasteiger partial charge on any atom is 0.111 e. The highest BCUT2D eigenvalue weighted by atomic mass is 16.4. The van der Waals surface area contributed by atoms with E-state index in [2.05, 4.69) is 0 Å². The maximum absolute atomic E-state index is 8.96. The molecule has 0 fully saturated rings. The van der Waals surface area contributed by atoms with Gasteiger partial charge in [-0.2, -0.15) is 0 Å². The van der Waals surface area contributed by atoms with Crippen LogP contribution in [0.2, 0.25) is 0 Å². The van der Waals surface area contributed by atoms with Crippen LogP contribution in [0, 0.1) is 0 Å². The average Bonchev–Trinajstić information content (AvgIpc) is 2.12. The summed E-state index contributed by atoms with van der Waals surface area (Å²) in [6.45, 7) is -1.45. The maximum atomic E-state index is 8.96. The Bertz CT molecular complexity index is 111. The molecule has 0 heterocycles. The molecular formula is C6H34O16. The van der Waals surface area contributed by atoms with Gasteiger partial charge in [0.1, 0.15) is 24.4 Å². The molecule has 26 N–H and O–H groups in total. The molecule has 0 amide bonds. The Hall–Kier alpha value is -0.640. The molecule has 16 nitrogen and oxygen atoms in total. The second kappa shape index (κ2) is 42.8. The molecule has 0 saturated heterocycles. The molecule has 0 aliphatic rings. The highest BCUT2D eigenvalue weighted by Crippen LogP contribution is 2.03. The quantitative estimate of drug-likeness (QED) is 0.275. The fraction of sp³-hybridized carbons (Fsp3) is 1.00. The predicted molar refractivity (Wildman–Crippen MR) is 74.3 cm³/mol. The van der Waals surface area contributed by atoms with E-state index in [1.165, 1.54) is 0 Å². The predicted octanol–water partition coefficient (Wildman–Crippen LogP) is -11.8. The highest BCUT2D eigenvalue weighted by Gasteiger charge is 2.29. The lowest BCUT2D eigenvalue weighted by Gasteiger charge is -2.24.